The van der Waals surface area contributed by atoms with E-state index in [4.69, 9.17) is 17.3 Å². The SMILES string of the molecule is Cc1cc(Cl)c(NC(=O)CN)cc1F. The highest BCUT2D eigenvalue weighted by atomic mass is 35.5. The van der Waals surface area contributed by atoms with E-state index in [2.05, 4.69) is 5.32 Å². The van der Waals surface area contributed by atoms with Crippen LogP contribution in [0.25, 0.3) is 0 Å². The van der Waals surface area contributed by atoms with Gasteiger partial charge in [-0.25, -0.2) is 4.39 Å². The first-order valence-corrected chi connectivity index (χ1v) is 4.38. The molecule has 0 aliphatic rings. The first kappa shape index (κ1) is 10.9. The van der Waals surface area contributed by atoms with Crippen LogP contribution < -0.4 is 11.1 Å². The molecule has 1 aromatic rings. The molecule has 1 rings (SSSR count). The maximum absolute atomic E-state index is 13.1. The van der Waals surface area contributed by atoms with Gasteiger partial charge in [-0.1, -0.05) is 11.6 Å². The number of nitrogens with one attached hydrogen (secondary N) is 1. The number of benzene rings is 1. The van der Waals surface area contributed by atoms with Crippen LogP contribution in [-0.2, 0) is 4.79 Å². The van der Waals surface area contributed by atoms with Gasteiger partial charge < -0.3 is 11.1 Å². The van der Waals surface area contributed by atoms with Gasteiger partial charge in [0.25, 0.3) is 0 Å². The molecule has 0 spiro atoms. The summed E-state index contributed by atoms with van der Waals surface area (Å²) in [5.74, 6) is -0.822. The number of aryl methyl sites for hydroxylation is 1. The molecule has 3 nitrogen and oxygen atoms in total. The van der Waals surface area contributed by atoms with Crippen molar-refractivity contribution in [3.05, 3.63) is 28.5 Å². The largest absolute Gasteiger partial charge is 0.324 e. The predicted molar refractivity (Wildman–Crippen MR) is 53.8 cm³/mol. The molecule has 1 aromatic carbocycles. The third-order valence-electron chi connectivity index (χ3n) is 1.71. The van der Waals surface area contributed by atoms with Gasteiger partial charge >= 0.3 is 0 Å². The Morgan fingerprint density at radius 2 is 2.29 bits per heavy atom. The topological polar surface area (TPSA) is 55.1 Å². The van der Waals surface area contributed by atoms with Crippen molar-refractivity contribution >= 4 is 23.2 Å². The van der Waals surface area contributed by atoms with Gasteiger partial charge in [-0.15, -0.1) is 0 Å². The molecule has 0 fully saturated rings. The summed E-state index contributed by atoms with van der Waals surface area (Å²) >= 11 is 5.78. The van der Waals surface area contributed by atoms with Crippen LogP contribution in [0.3, 0.4) is 0 Å². The molecule has 0 aliphatic carbocycles. The van der Waals surface area contributed by atoms with Gasteiger partial charge in [-0.2, -0.15) is 0 Å². The summed E-state index contributed by atoms with van der Waals surface area (Å²) in [6, 6.07) is 2.62. The maximum atomic E-state index is 13.1. The van der Waals surface area contributed by atoms with Crippen molar-refractivity contribution in [2.45, 2.75) is 6.92 Å². The van der Waals surface area contributed by atoms with Gasteiger partial charge in [-0.3, -0.25) is 4.79 Å². The maximum Gasteiger partial charge on any atom is 0.238 e. The molecule has 0 unspecified atom stereocenters. The number of hydrogen-bond acceptors (Lipinski definition) is 2. The standard InChI is InChI=1S/C9H10ClFN2O/c1-5-2-6(10)8(3-7(5)11)13-9(14)4-12/h2-3H,4,12H2,1H3,(H,13,14). The molecule has 0 aromatic heterocycles. The number of nitrogens with two attached hydrogens (primary N) is 1. The number of rotatable bonds is 2. The van der Waals surface area contributed by atoms with E-state index in [0.717, 1.165) is 0 Å². The lowest BCUT2D eigenvalue weighted by Gasteiger charge is -2.07. The molecule has 0 saturated carbocycles. The van der Waals surface area contributed by atoms with E-state index in [1.165, 1.54) is 12.1 Å². The Morgan fingerprint density at radius 1 is 1.64 bits per heavy atom. The first-order chi connectivity index (χ1) is 6.54. The molecule has 0 bridgehead atoms. The third kappa shape index (κ3) is 2.43. The molecule has 0 heterocycles. The zero-order valence-electron chi connectivity index (χ0n) is 7.60. The van der Waals surface area contributed by atoms with Crippen molar-refractivity contribution < 1.29 is 9.18 Å². The van der Waals surface area contributed by atoms with Crippen LogP contribution in [0.1, 0.15) is 5.56 Å². The summed E-state index contributed by atoms with van der Waals surface area (Å²) < 4.78 is 13.1. The van der Waals surface area contributed by atoms with E-state index >= 15 is 0 Å². The van der Waals surface area contributed by atoms with Gasteiger partial charge in [0, 0.05) is 0 Å². The number of carbonyl (C=O) groups excluding carboxylic acids is 1. The van der Waals surface area contributed by atoms with Crippen LogP contribution >= 0.6 is 11.6 Å². The van der Waals surface area contributed by atoms with E-state index in [9.17, 15) is 9.18 Å². The smallest absolute Gasteiger partial charge is 0.238 e. The zero-order chi connectivity index (χ0) is 10.7. The Kier molecular flexibility index (Phi) is 3.43. The second-order valence-electron chi connectivity index (χ2n) is 2.83. The predicted octanol–water partition coefficient (Wildman–Crippen LogP) is 1.68. The monoisotopic (exact) mass is 216 g/mol. The molecule has 0 atom stereocenters. The Balaban J connectivity index is 2.98. The third-order valence-corrected chi connectivity index (χ3v) is 2.02. The van der Waals surface area contributed by atoms with Gasteiger partial charge in [0.2, 0.25) is 5.91 Å². The summed E-state index contributed by atoms with van der Waals surface area (Å²) in [6.07, 6.45) is 0. The highest BCUT2D eigenvalue weighted by Crippen LogP contribution is 2.24. The van der Waals surface area contributed by atoms with Crippen LogP contribution in [0.5, 0.6) is 0 Å². The van der Waals surface area contributed by atoms with Crippen molar-refractivity contribution in [2.75, 3.05) is 11.9 Å². The second-order valence-corrected chi connectivity index (χ2v) is 3.24. The van der Waals surface area contributed by atoms with E-state index < -0.39 is 11.7 Å². The summed E-state index contributed by atoms with van der Waals surface area (Å²) in [5, 5.41) is 2.69. The average molecular weight is 217 g/mol. The van der Waals surface area contributed by atoms with Crippen LogP contribution in [0.2, 0.25) is 5.02 Å². The van der Waals surface area contributed by atoms with Crippen molar-refractivity contribution in [2.24, 2.45) is 5.73 Å². The summed E-state index contributed by atoms with van der Waals surface area (Å²) in [6.45, 7) is 1.43. The fraction of sp³-hybridized carbons (Fsp3) is 0.222. The van der Waals surface area contributed by atoms with E-state index in [0.29, 0.717) is 10.6 Å². The molecule has 0 radical (unpaired) electrons. The van der Waals surface area contributed by atoms with Crippen LogP contribution in [-0.4, -0.2) is 12.5 Å². The highest BCUT2D eigenvalue weighted by Gasteiger charge is 2.07. The number of carbonyl (C=O) groups is 1. The molecular weight excluding hydrogens is 207 g/mol. The molecule has 14 heavy (non-hydrogen) atoms. The molecule has 5 heteroatoms. The Labute approximate surface area is 86.0 Å². The quantitative estimate of drug-likeness (QED) is 0.791. The van der Waals surface area contributed by atoms with Gasteiger partial charge in [0.05, 0.1) is 17.3 Å². The number of amides is 1. The molecular formula is C9H10ClFN2O. The van der Waals surface area contributed by atoms with E-state index in [1.54, 1.807) is 6.92 Å². The highest BCUT2D eigenvalue weighted by molar-refractivity contribution is 6.33. The van der Waals surface area contributed by atoms with Crippen molar-refractivity contribution in [3.63, 3.8) is 0 Å². The number of anilines is 1. The van der Waals surface area contributed by atoms with Crippen molar-refractivity contribution in [1.82, 2.24) is 0 Å². The molecule has 0 aliphatic heterocycles. The van der Waals surface area contributed by atoms with Crippen molar-refractivity contribution in [1.29, 1.82) is 0 Å². The minimum atomic E-state index is -0.415. The van der Waals surface area contributed by atoms with E-state index in [-0.39, 0.29) is 12.2 Å². The minimum Gasteiger partial charge on any atom is -0.324 e. The summed E-state index contributed by atoms with van der Waals surface area (Å²) in [4.78, 5) is 10.9. The van der Waals surface area contributed by atoms with Crippen LogP contribution in [0, 0.1) is 12.7 Å². The lowest BCUT2D eigenvalue weighted by Crippen LogP contribution is -2.22. The van der Waals surface area contributed by atoms with Crippen LogP contribution in [0.4, 0.5) is 10.1 Å². The molecule has 1 amide bonds. The lowest BCUT2D eigenvalue weighted by molar-refractivity contribution is -0.114. The van der Waals surface area contributed by atoms with Gasteiger partial charge in [0.15, 0.2) is 0 Å². The number of hydrogen-bond donors (Lipinski definition) is 2. The Morgan fingerprint density at radius 3 is 2.86 bits per heavy atom. The Bertz CT molecular complexity index is 368. The molecule has 0 saturated heterocycles. The first-order valence-electron chi connectivity index (χ1n) is 4.00. The zero-order valence-corrected chi connectivity index (χ0v) is 8.36. The van der Waals surface area contributed by atoms with E-state index in [1.807, 2.05) is 0 Å². The lowest BCUT2D eigenvalue weighted by atomic mass is 10.2. The fourth-order valence-corrected chi connectivity index (χ4v) is 1.21. The molecule has 3 N–H and O–H groups in total. The normalized spacial score (nSPS) is 10.0. The van der Waals surface area contributed by atoms with Crippen LogP contribution in [0.15, 0.2) is 12.1 Å². The van der Waals surface area contributed by atoms with Gasteiger partial charge in [-0.05, 0) is 24.6 Å². The number of halogens is 2. The fourth-order valence-electron chi connectivity index (χ4n) is 0.943. The Hall–Kier alpha value is -1.13. The average Bonchev–Trinajstić information content (AvgIpc) is 2.14. The second kappa shape index (κ2) is 4.39. The summed E-state index contributed by atoms with van der Waals surface area (Å²) in [7, 11) is 0. The minimum absolute atomic E-state index is 0.161. The molecule has 76 valence electrons. The van der Waals surface area contributed by atoms with Gasteiger partial charge in [0.1, 0.15) is 5.82 Å². The summed E-state index contributed by atoms with van der Waals surface area (Å²) in [5.41, 5.74) is 5.76. The van der Waals surface area contributed by atoms with Crippen molar-refractivity contribution in [3.8, 4) is 0 Å².